The quantitative estimate of drug-likeness (QED) is 0.797. The van der Waals surface area contributed by atoms with Crippen molar-refractivity contribution in [1.82, 2.24) is 0 Å². The average molecular weight is 295 g/mol. The van der Waals surface area contributed by atoms with Gasteiger partial charge in [0.1, 0.15) is 0 Å². The van der Waals surface area contributed by atoms with Crippen molar-refractivity contribution in [3.05, 3.63) is 53.6 Å². The van der Waals surface area contributed by atoms with Crippen molar-refractivity contribution in [2.75, 3.05) is 0 Å². The second-order valence-corrected chi connectivity index (χ2v) is 6.99. The summed E-state index contributed by atoms with van der Waals surface area (Å²) in [5, 5.41) is 0. The van der Waals surface area contributed by atoms with Crippen LogP contribution in [0.25, 0.3) is 11.1 Å². The van der Waals surface area contributed by atoms with Crippen LogP contribution in [0.3, 0.4) is 0 Å². The van der Waals surface area contributed by atoms with Crippen molar-refractivity contribution >= 4 is 19.7 Å². The van der Waals surface area contributed by atoms with Crippen LogP contribution < -0.4 is 0 Å². The lowest BCUT2D eigenvalue weighted by molar-refractivity contribution is 0.609. The van der Waals surface area contributed by atoms with Crippen molar-refractivity contribution in [2.24, 2.45) is 0 Å². The molecule has 0 N–H and O–H groups in total. The molecule has 0 aliphatic carbocycles. The molecule has 0 bridgehead atoms. The monoisotopic (exact) mass is 294 g/mol. The van der Waals surface area contributed by atoms with Gasteiger partial charge in [0.15, 0.2) is 0 Å². The second kappa shape index (κ2) is 5.35. The van der Waals surface area contributed by atoms with E-state index in [4.69, 9.17) is 10.7 Å². The minimum atomic E-state index is -3.67. The minimum Gasteiger partial charge on any atom is -0.207 e. The molecule has 0 aliphatic rings. The largest absolute Gasteiger partial charge is 0.261 e. The third kappa shape index (κ3) is 2.99. The van der Waals surface area contributed by atoms with Crippen LogP contribution in [-0.4, -0.2) is 8.42 Å². The number of hydrogen-bond acceptors (Lipinski definition) is 2. The predicted molar refractivity (Wildman–Crippen MR) is 79.0 cm³/mol. The van der Waals surface area contributed by atoms with Gasteiger partial charge in [0.2, 0.25) is 0 Å². The Hall–Kier alpha value is -1.32. The Morgan fingerprint density at radius 3 is 2.32 bits per heavy atom. The third-order valence-corrected chi connectivity index (χ3v) is 4.53. The molecule has 19 heavy (non-hydrogen) atoms. The predicted octanol–water partition coefficient (Wildman–Crippen LogP) is 4.15. The van der Waals surface area contributed by atoms with Gasteiger partial charge in [-0.3, -0.25) is 0 Å². The van der Waals surface area contributed by atoms with Crippen molar-refractivity contribution < 1.29 is 8.42 Å². The molecule has 4 heteroatoms. The van der Waals surface area contributed by atoms with Gasteiger partial charge < -0.3 is 0 Å². The van der Waals surface area contributed by atoms with Crippen molar-refractivity contribution in [3.63, 3.8) is 0 Å². The van der Waals surface area contributed by atoms with Crippen LogP contribution in [0.1, 0.15) is 18.1 Å². The van der Waals surface area contributed by atoms with Gasteiger partial charge in [-0.1, -0.05) is 37.3 Å². The Kier molecular flexibility index (Phi) is 3.97. The molecule has 0 aromatic heterocycles. The fourth-order valence-corrected chi connectivity index (χ4v) is 2.95. The van der Waals surface area contributed by atoms with E-state index in [1.54, 1.807) is 12.1 Å². The summed E-state index contributed by atoms with van der Waals surface area (Å²) < 4.78 is 22.8. The standard InChI is InChI=1S/C15H15ClO2S/c1-3-12-10-13(19(16,17)18)8-9-15(12)14-7-5-4-6-11(14)2/h4-10H,3H2,1-2H3. The number of aryl methyl sites for hydroxylation is 2. The SMILES string of the molecule is CCc1cc(S(=O)(=O)Cl)ccc1-c1ccccc1C. The first-order valence-electron chi connectivity index (χ1n) is 6.07. The molecule has 0 heterocycles. The maximum atomic E-state index is 11.4. The molecular formula is C15H15ClO2S. The summed E-state index contributed by atoms with van der Waals surface area (Å²) >= 11 is 0. The van der Waals surface area contributed by atoms with Gasteiger partial charge in [0, 0.05) is 10.7 Å². The summed E-state index contributed by atoms with van der Waals surface area (Å²) in [7, 11) is 1.72. The number of rotatable bonds is 3. The highest BCUT2D eigenvalue weighted by atomic mass is 35.7. The molecule has 0 amide bonds. The smallest absolute Gasteiger partial charge is 0.207 e. The Morgan fingerprint density at radius 2 is 1.74 bits per heavy atom. The van der Waals surface area contributed by atoms with E-state index < -0.39 is 9.05 Å². The lowest BCUT2D eigenvalue weighted by atomic mass is 9.95. The fourth-order valence-electron chi connectivity index (χ4n) is 2.15. The summed E-state index contributed by atoms with van der Waals surface area (Å²) in [5.74, 6) is 0. The molecule has 0 fully saturated rings. The molecule has 0 spiro atoms. The summed E-state index contributed by atoms with van der Waals surface area (Å²) in [6.45, 7) is 4.04. The highest BCUT2D eigenvalue weighted by Crippen LogP contribution is 2.29. The van der Waals surface area contributed by atoms with Gasteiger partial charge in [0.05, 0.1) is 4.90 Å². The molecule has 2 rings (SSSR count). The van der Waals surface area contributed by atoms with Crippen LogP contribution in [0.2, 0.25) is 0 Å². The van der Waals surface area contributed by atoms with Gasteiger partial charge in [-0.25, -0.2) is 8.42 Å². The fraction of sp³-hybridized carbons (Fsp3) is 0.200. The molecule has 0 saturated carbocycles. The van der Waals surface area contributed by atoms with Crippen molar-refractivity contribution in [1.29, 1.82) is 0 Å². The van der Waals surface area contributed by atoms with E-state index in [1.807, 2.05) is 44.2 Å². The van der Waals surface area contributed by atoms with Gasteiger partial charge in [0.25, 0.3) is 9.05 Å². The topological polar surface area (TPSA) is 34.1 Å². The average Bonchev–Trinajstić information content (AvgIpc) is 2.37. The summed E-state index contributed by atoms with van der Waals surface area (Å²) in [6.07, 6.45) is 0.754. The van der Waals surface area contributed by atoms with Crippen LogP contribution in [0.4, 0.5) is 0 Å². The molecule has 0 radical (unpaired) electrons. The van der Waals surface area contributed by atoms with Crippen molar-refractivity contribution in [3.8, 4) is 11.1 Å². The lowest BCUT2D eigenvalue weighted by Crippen LogP contribution is -1.96. The second-order valence-electron chi connectivity index (χ2n) is 4.43. The summed E-state index contributed by atoms with van der Waals surface area (Å²) in [6, 6.07) is 13.1. The third-order valence-electron chi connectivity index (χ3n) is 3.17. The van der Waals surface area contributed by atoms with E-state index in [1.165, 1.54) is 5.56 Å². The first-order chi connectivity index (χ1) is 8.93. The van der Waals surface area contributed by atoms with Crippen LogP contribution in [0.5, 0.6) is 0 Å². The molecule has 2 aromatic rings. The molecule has 0 aliphatic heterocycles. The number of benzene rings is 2. The molecule has 0 saturated heterocycles. The number of halogens is 1. The van der Waals surface area contributed by atoms with Gasteiger partial charge in [-0.15, -0.1) is 0 Å². The Morgan fingerprint density at radius 1 is 1.05 bits per heavy atom. The maximum absolute atomic E-state index is 11.4. The number of hydrogen-bond donors (Lipinski definition) is 0. The highest BCUT2D eigenvalue weighted by Gasteiger charge is 2.13. The molecule has 0 unspecified atom stereocenters. The van der Waals surface area contributed by atoms with Crippen LogP contribution in [0, 0.1) is 6.92 Å². The van der Waals surface area contributed by atoms with Crippen LogP contribution in [-0.2, 0) is 15.5 Å². The Labute approximate surface area is 118 Å². The van der Waals surface area contributed by atoms with Crippen LogP contribution >= 0.6 is 10.7 Å². The first kappa shape index (κ1) is 14.1. The van der Waals surface area contributed by atoms with E-state index in [0.29, 0.717) is 0 Å². The minimum absolute atomic E-state index is 0.156. The van der Waals surface area contributed by atoms with E-state index >= 15 is 0 Å². The normalized spacial score (nSPS) is 11.5. The first-order valence-corrected chi connectivity index (χ1v) is 8.38. The van der Waals surface area contributed by atoms with Gasteiger partial charge in [-0.2, -0.15) is 0 Å². The van der Waals surface area contributed by atoms with E-state index in [0.717, 1.165) is 23.1 Å². The van der Waals surface area contributed by atoms with Gasteiger partial charge in [-0.05, 0) is 47.7 Å². The zero-order valence-corrected chi connectivity index (χ0v) is 12.4. The molecular weight excluding hydrogens is 280 g/mol. The van der Waals surface area contributed by atoms with E-state index in [-0.39, 0.29) is 4.90 Å². The molecule has 2 aromatic carbocycles. The van der Waals surface area contributed by atoms with Crippen LogP contribution in [0.15, 0.2) is 47.4 Å². The zero-order chi connectivity index (χ0) is 14.0. The summed E-state index contributed by atoms with van der Waals surface area (Å²) in [4.78, 5) is 0.156. The Bertz CT molecular complexity index is 706. The lowest BCUT2D eigenvalue weighted by Gasteiger charge is -2.12. The maximum Gasteiger partial charge on any atom is 0.261 e. The van der Waals surface area contributed by atoms with E-state index in [2.05, 4.69) is 0 Å². The molecule has 100 valence electrons. The van der Waals surface area contributed by atoms with E-state index in [9.17, 15) is 8.42 Å². The zero-order valence-electron chi connectivity index (χ0n) is 10.9. The molecule has 0 atom stereocenters. The van der Waals surface area contributed by atoms with Gasteiger partial charge >= 0.3 is 0 Å². The Balaban J connectivity index is 2.64. The summed E-state index contributed by atoms with van der Waals surface area (Å²) in [5.41, 5.74) is 4.33. The molecule has 2 nitrogen and oxygen atoms in total. The highest BCUT2D eigenvalue weighted by molar-refractivity contribution is 8.13. The van der Waals surface area contributed by atoms with Crippen molar-refractivity contribution in [2.45, 2.75) is 25.2 Å².